The molecule has 2 N–H and O–H groups in total. The minimum Gasteiger partial charge on any atom is -0.497 e. The van der Waals surface area contributed by atoms with Crippen LogP contribution in [0.2, 0.25) is 0 Å². The van der Waals surface area contributed by atoms with Gasteiger partial charge in [-0.1, -0.05) is 37.7 Å². The molecule has 0 aliphatic heterocycles. The highest BCUT2D eigenvalue weighted by atomic mass is 32.2. The number of nitriles is 1. The number of hydrogen-bond acceptors (Lipinski definition) is 8. The third kappa shape index (κ3) is 6.62. The number of nitrogens with one attached hydrogen (secondary N) is 2. The molecular formula is C32H28N6O2S. The minimum atomic E-state index is -0.252. The molecule has 0 bridgehead atoms. The largest absolute Gasteiger partial charge is 0.497 e. The molecule has 0 spiro atoms. The number of anilines is 3. The van der Waals surface area contributed by atoms with Crippen molar-refractivity contribution >= 4 is 45.9 Å². The Labute approximate surface area is 242 Å². The molecule has 8 nitrogen and oxygen atoms in total. The second kappa shape index (κ2) is 12.5. The zero-order valence-corrected chi connectivity index (χ0v) is 23.7. The van der Waals surface area contributed by atoms with E-state index in [2.05, 4.69) is 40.5 Å². The van der Waals surface area contributed by atoms with Crippen LogP contribution in [0.15, 0.2) is 95.0 Å². The van der Waals surface area contributed by atoms with E-state index in [1.54, 1.807) is 37.1 Å². The monoisotopic (exact) mass is 560 g/mol. The van der Waals surface area contributed by atoms with E-state index in [-0.39, 0.29) is 11.8 Å². The molecule has 0 saturated carbocycles. The van der Waals surface area contributed by atoms with Crippen molar-refractivity contribution in [1.29, 1.82) is 5.26 Å². The molecular weight excluding hydrogens is 532 g/mol. The zero-order valence-electron chi connectivity index (χ0n) is 22.9. The lowest BCUT2D eigenvalue weighted by molar-refractivity contribution is 0.102. The molecule has 3 aromatic carbocycles. The maximum atomic E-state index is 13.2. The molecule has 0 radical (unpaired) electrons. The third-order valence-corrected chi connectivity index (χ3v) is 7.47. The van der Waals surface area contributed by atoms with Crippen LogP contribution in [0.4, 0.5) is 17.2 Å². The average molecular weight is 561 g/mol. The Morgan fingerprint density at radius 2 is 1.78 bits per heavy atom. The molecule has 0 aliphatic rings. The molecule has 5 aromatic rings. The number of methoxy groups -OCH3 is 1. The highest BCUT2D eigenvalue weighted by Gasteiger charge is 2.15. The maximum absolute atomic E-state index is 13.2. The number of ether oxygens (including phenoxy) is 1. The second-order valence-corrected chi connectivity index (χ2v) is 10.7. The second-order valence-electron chi connectivity index (χ2n) is 9.58. The van der Waals surface area contributed by atoms with Gasteiger partial charge in [-0.2, -0.15) is 5.26 Å². The molecule has 9 heteroatoms. The number of carbonyl (C=O) groups is 1. The van der Waals surface area contributed by atoms with Gasteiger partial charge in [0.1, 0.15) is 17.9 Å². The normalized spacial score (nSPS) is 10.8. The van der Waals surface area contributed by atoms with E-state index in [4.69, 9.17) is 15.0 Å². The molecule has 0 aliphatic carbocycles. The summed E-state index contributed by atoms with van der Waals surface area (Å²) in [5.41, 5.74) is 4.30. The maximum Gasteiger partial charge on any atom is 0.255 e. The van der Waals surface area contributed by atoms with Crippen molar-refractivity contribution in [3.63, 3.8) is 0 Å². The van der Waals surface area contributed by atoms with E-state index < -0.39 is 0 Å². The van der Waals surface area contributed by atoms with Gasteiger partial charge in [-0.3, -0.25) is 4.79 Å². The Hall–Kier alpha value is -4.94. The highest BCUT2D eigenvalue weighted by molar-refractivity contribution is 7.99. The van der Waals surface area contributed by atoms with Gasteiger partial charge in [-0.25, -0.2) is 15.0 Å². The van der Waals surface area contributed by atoms with Crippen molar-refractivity contribution < 1.29 is 9.53 Å². The Balaban J connectivity index is 1.48. The topological polar surface area (TPSA) is 113 Å². The summed E-state index contributed by atoms with van der Waals surface area (Å²) < 4.78 is 5.30. The predicted octanol–water partition coefficient (Wildman–Crippen LogP) is 7.37. The Morgan fingerprint density at radius 1 is 1.00 bits per heavy atom. The summed E-state index contributed by atoms with van der Waals surface area (Å²) in [4.78, 5) is 28.7. The van der Waals surface area contributed by atoms with Crippen molar-refractivity contribution in [3.05, 3.63) is 102 Å². The first-order valence-electron chi connectivity index (χ1n) is 13.1. The van der Waals surface area contributed by atoms with Crippen molar-refractivity contribution in [1.82, 2.24) is 15.0 Å². The molecule has 0 unspecified atom stereocenters. The summed E-state index contributed by atoms with van der Waals surface area (Å²) in [6, 6.07) is 26.7. The summed E-state index contributed by atoms with van der Waals surface area (Å²) in [6.07, 6.45) is 1.81. The Morgan fingerprint density at radius 3 is 2.49 bits per heavy atom. The van der Waals surface area contributed by atoms with Gasteiger partial charge in [-0.15, -0.1) is 0 Å². The third-order valence-electron chi connectivity index (χ3n) is 6.39. The van der Waals surface area contributed by atoms with E-state index in [0.29, 0.717) is 29.1 Å². The van der Waals surface area contributed by atoms with Crippen LogP contribution in [0, 0.1) is 11.3 Å². The standard InChI is InChI=1S/C32H28N6O2S/c1-20(2)27-14-13-26-30(37-27)34-19-35-31(26)38-28-18-22(32(39)36-23-7-4-21(5-8-23)16-17-33)6-15-29(28)41-25-11-9-24(40-3)10-12-25/h4-15,18-20H,16H2,1-3H3,(H,36,39)(H,34,35,37,38). The molecule has 0 fully saturated rings. The average Bonchev–Trinajstić information content (AvgIpc) is 2.99. The highest BCUT2D eigenvalue weighted by Crippen LogP contribution is 2.37. The van der Waals surface area contributed by atoms with E-state index in [9.17, 15) is 4.79 Å². The molecule has 5 rings (SSSR count). The predicted molar refractivity (Wildman–Crippen MR) is 162 cm³/mol. The fourth-order valence-corrected chi connectivity index (χ4v) is 5.02. The van der Waals surface area contributed by atoms with E-state index >= 15 is 0 Å². The van der Waals surface area contributed by atoms with Gasteiger partial charge in [0.15, 0.2) is 5.65 Å². The first-order chi connectivity index (χ1) is 19.9. The van der Waals surface area contributed by atoms with Crippen LogP contribution in [0.25, 0.3) is 11.0 Å². The first kappa shape index (κ1) is 27.6. The summed E-state index contributed by atoms with van der Waals surface area (Å²) in [5, 5.41) is 16.1. The van der Waals surface area contributed by atoms with Gasteiger partial charge in [0.05, 0.1) is 30.7 Å². The van der Waals surface area contributed by atoms with Gasteiger partial charge in [-0.05, 0) is 78.2 Å². The van der Waals surface area contributed by atoms with Gasteiger partial charge < -0.3 is 15.4 Å². The van der Waals surface area contributed by atoms with Crippen LogP contribution < -0.4 is 15.4 Å². The van der Waals surface area contributed by atoms with E-state index in [1.165, 1.54) is 6.33 Å². The number of benzene rings is 3. The number of amides is 1. The van der Waals surface area contributed by atoms with Crippen molar-refractivity contribution in [2.45, 2.75) is 36.0 Å². The summed E-state index contributed by atoms with van der Waals surface area (Å²) in [7, 11) is 1.64. The van der Waals surface area contributed by atoms with Crippen LogP contribution >= 0.6 is 11.8 Å². The van der Waals surface area contributed by atoms with Crippen LogP contribution in [0.3, 0.4) is 0 Å². The number of rotatable bonds is 9. The number of pyridine rings is 1. The van der Waals surface area contributed by atoms with Gasteiger partial charge in [0, 0.05) is 26.7 Å². The van der Waals surface area contributed by atoms with E-state index in [0.717, 1.165) is 37.9 Å². The quantitative estimate of drug-likeness (QED) is 0.192. The Kier molecular flexibility index (Phi) is 8.42. The van der Waals surface area contributed by atoms with Crippen molar-refractivity contribution in [3.8, 4) is 11.8 Å². The summed E-state index contributed by atoms with van der Waals surface area (Å²) in [6.45, 7) is 4.18. The lowest BCUT2D eigenvalue weighted by Crippen LogP contribution is -2.12. The SMILES string of the molecule is COc1ccc(Sc2ccc(C(=O)Nc3ccc(CC#N)cc3)cc2Nc2ncnc3nc(C(C)C)ccc23)cc1. The molecule has 41 heavy (non-hydrogen) atoms. The lowest BCUT2D eigenvalue weighted by atomic mass is 10.1. The van der Waals surface area contributed by atoms with Gasteiger partial charge in [0.2, 0.25) is 0 Å². The van der Waals surface area contributed by atoms with Crippen LogP contribution in [0.5, 0.6) is 5.75 Å². The smallest absolute Gasteiger partial charge is 0.255 e. The number of carbonyl (C=O) groups excluding carboxylic acids is 1. The molecule has 0 saturated heterocycles. The van der Waals surface area contributed by atoms with Crippen molar-refractivity contribution in [2.24, 2.45) is 0 Å². The zero-order chi connectivity index (χ0) is 28.8. The fraction of sp³-hybridized carbons (Fsp3) is 0.156. The van der Waals surface area contributed by atoms with Gasteiger partial charge in [0.25, 0.3) is 5.91 Å². The first-order valence-corrected chi connectivity index (χ1v) is 13.9. The van der Waals surface area contributed by atoms with Crippen LogP contribution in [-0.4, -0.2) is 28.0 Å². The molecule has 0 atom stereocenters. The number of nitrogens with zero attached hydrogens (tertiary/aromatic N) is 4. The van der Waals surface area contributed by atoms with Crippen LogP contribution in [-0.2, 0) is 6.42 Å². The van der Waals surface area contributed by atoms with Crippen LogP contribution in [0.1, 0.15) is 41.4 Å². The Bertz CT molecular complexity index is 1730. The molecule has 204 valence electrons. The van der Waals surface area contributed by atoms with Gasteiger partial charge >= 0.3 is 0 Å². The summed E-state index contributed by atoms with van der Waals surface area (Å²) >= 11 is 1.56. The van der Waals surface area contributed by atoms with Crippen molar-refractivity contribution in [2.75, 3.05) is 17.7 Å². The minimum absolute atomic E-state index is 0.252. The molecule has 2 heterocycles. The number of hydrogen-bond donors (Lipinski definition) is 2. The van der Waals surface area contributed by atoms with E-state index in [1.807, 2.05) is 60.7 Å². The summed E-state index contributed by atoms with van der Waals surface area (Å²) in [5.74, 6) is 1.40. The number of fused-ring (bicyclic) bond motifs is 1. The molecule has 2 aromatic heterocycles. The number of aromatic nitrogens is 3. The lowest BCUT2D eigenvalue weighted by Gasteiger charge is -2.15. The molecule has 1 amide bonds. The fourth-order valence-electron chi connectivity index (χ4n) is 4.13.